The molecule has 0 bridgehead atoms. The summed E-state index contributed by atoms with van der Waals surface area (Å²) in [5.74, 6) is 0.372. The first-order chi connectivity index (χ1) is 10.6. The summed E-state index contributed by atoms with van der Waals surface area (Å²) in [6.45, 7) is 2.00. The average molecular weight is 311 g/mol. The average Bonchev–Trinajstić information content (AvgIpc) is 2.56. The molecule has 1 amide bonds. The van der Waals surface area contributed by atoms with E-state index < -0.39 is 0 Å². The van der Waals surface area contributed by atoms with E-state index in [4.69, 9.17) is 0 Å². The van der Waals surface area contributed by atoms with E-state index >= 15 is 0 Å². The zero-order valence-electron chi connectivity index (χ0n) is 12.3. The smallest absolute Gasteiger partial charge is 0.230 e. The quantitative estimate of drug-likeness (QED) is 0.886. The van der Waals surface area contributed by atoms with Crippen LogP contribution in [-0.4, -0.2) is 22.7 Å². The van der Waals surface area contributed by atoms with Crippen LogP contribution >= 0.6 is 11.8 Å². The van der Waals surface area contributed by atoms with Gasteiger partial charge in [-0.15, -0.1) is 11.8 Å². The maximum atomic E-state index is 12.8. The molecule has 1 heterocycles. The molecule has 112 valence electrons. The van der Waals surface area contributed by atoms with Gasteiger partial charge in [-0.05, 0) is 12.5 Å². The van der Waals surface area contributed by atoms with Crippen molar-refractivity contribution in [3.63, 3.8) is 0 Å². The van der Waals surface area contributed by atoms with Crippen molar-refractivity contribution >= 4 is 23.5 Å². The minimum absolute atomic E-state index is 0.0215. The number of rotatable bonds is 3. The fourth-order valence-electron chi connectivity index (χ4n) is 2.58. The lowest BCUT2D eigenvalue weighted by atomic mass is 9.96. The van der Waals surface area contributed by atoms with Crippen LogP contribution in [0.4, 0.5) is 0 Å². The number of thioether (sulfide) groups is 1. The Morgan fingerprint density at radius 1 is 1.09 bits per heavy atom. The van der Waals surface area contributed by atoms with Gasteiger partial charge in [0.1, 0.15) is 0 Å². The summed E-state index contributed by atoms with van der Waals surface area (Å²) >= 11 is 1.42. The molecule has 1 saturated heterocycles. The molecule has 1 N–H and O–H groups in total. The molecule has 0 aliphatic carbocycles. The molecule has 3 nitrogen and oxygen atoms in total. The van der Waals surface area contributed by atoms with E-state index in [0.717, 1.165) is 11.1 Å². The van der Waals surface area contributed by atoms with Crippen LogP contribution < -0.4 is 5.32 Å². The molecule has 1 aliphatic rings. The van der Waals surface area contributed by atoms with Crippen molar-refractivity contribution in [2.75, 3.05) is 5.75 Å². The normalized spacial score (nSPS) is 21.2. The Kier molecular flexibility index (Phi) is 4.29. The van der Waals surface area contributed by atoms with Crippen molar-refractivity contribution in [3.05, 3.63) is 71.3 Å². The summed E-state index contributed by atoms with van der Waals surface area (Å²) < 4.78 is 0. The molecule has 0 spiro atoms. The second-order valence-corrected chi connectivity index (χ2v) is 6.55. The van der Waals surface area contributed by atoms with Gasteiger partial charge < -0.3 is 5.32 Å². The number of ketones is 1. The first-order valence-electron chi connectivity index (χ1n) is 7.22. The molecule has 0 unspecified atom stereocenters. The van der Waals surface area contributed by atoms with Crippen molar-refractivity contribution in [1.82, 2.24) is 5.32 Å². The highest BCUT2D eigenvalue weighted by Gasteiger charge is 2.35. The number of aryl methyl sites for hydroxylation is 1. The highest BCUT2D eigenvalue weighted by atomic mass is 32.2. The van der Waals surface area contributed by atoms with E-state index in [9.17, 15) is 9.59 Å². The molecule has 22 heavy (non-hydrogen) atoms. The van der Waals surface area contributed by atoms with Gasteiger partial charge in [0.2, 0.25) is 5.91 Å². The molecular formula is C18H17NO2S. The molecule has 0 radical (unpaired) electrons. The van der Waals surface area contributed by atoms with Gasteiger partial charge in [0.15, 0.2) is 5.78 Å². The van der Waals surface area contributed by atoms with Gasteiger partial charge in [-0.2, -0.15) is 0 Å². The summed E-state index contributed by atoms with van der Waals surface area (Å²) in [7, 11) is 0. The zero-order chi connectivity index (χ0) is 15.5. The predicted octanol–water partition coefficient (Wildman–Crippen LogP) is 3.15. The van der Waals surface area contributed by atoms with Gasteiger partial charge in [-0.1, -0.05) is 60.2 Å². The summed E-state index contributed by atoms with van der Waals surface area (Å²) in [4.78, 5) is 24.6. The highest BCUT2D eigenvalue weighted by molar-refractivity contribution is 8.01. The van der Waals surface area contributed by atoms with Crippen LogP contribution in [0.25, 0.3) is 0 Å². The molecule has 1 fully saturated rings. The number of Topliss-reactive ketones (excluding diaryl/α,β-unsaturated/α-hetero) is 1. The Labute approximate surface area is 134 Å². The maximum absolute atomic E-state index is 12.8. The molecule has 4 heteroatoms. The van der Waals surface area contributed by atoms with Crippen LogP contribution in [0.2, 0.25) is 0 Å². The minimum atomic E-state index is -0.289. The Morgan fingerprint density at radius 2 is 1.77 bits per heavy atom. The molecule has 1 aliphatic heterocycles. The summed E-state index contributed by atoms with van der Waals surface area (Å²) in [6, 6.07) is 17.0. The van der Waals surface area contributed by atoms with Crippen molar-refractivity contribution in [1.29, 1.82) is 0 Å². The second-order valence-electron chi connectivity index (χ2n) is 5.42. The summed E-state index contributed by atoms with van der Waals surface area (Å²) in [5, 5.41) is 2.68. The Bertz CT molecular complexity index is 682. The van der Waals surface area contributed by atoms with Gasteiger partial charge >= 0.3 is 0 Å². The molecule has 2 aromatic rings. The number of nitrogens with one attached hydrogen (secondary N) is 1. The van der Waals surface area contributed by atoms with Crippen LogP contribution in [0.15, 0.2) is 54.6 Å². The van der Waals surface area contributed by atoms with Gasteiger partial charge in [0.25, 0.3) is 0 Å². The van der Waals surface area contributed by atoms with E-state index in [1.807, 2.05) is 61.5 Å². The Morgan fingerprint density at radius 3 is 2.45 bits per heavy atom. The largest absolute Gasteiger partial charge is 0.347 e. The third kappa shape index (κ3) is 3.07. The molecular weight excluding hydrogens is 294 g/mol. The van der Waals surface area contributed by atoms with E-state index in [1.165, 1.54) is 11.8 Å². The molecule has 0 saturated carbocycles. The standard InChI is InChI=1S/C18H17NO2S/c1-12-7-9-14(10-8-12)17(21)18-16(19-15(20)11-22-18)13-5-3-2-4-6-13/h2-10,16,18H,11H2,1H3,(H,19,20)/t16-,18+/m0/s1. The van der Waals surface area contributed by atoms with E-state index in [-0.39, 0.29) is 23.0 Å². The minimum Gasteiger partial charge on any atom is -0.347 e. The van der Waals surface area contributed by atoms with Crippen molar-refractivity contribution in [2.24, 2.45) is 0 Å². The third-order valence-corrected chi connectivity index (χ3v) is 5.04. The van der Waals surface area contributed by atoms with Crippen LogP contribution in [-0.2, 0) is 4.79 Å². The predicted molar refractivity (Wildman–Crippen MR) is 89.1 cm³/mol. The van der Waals surface area contributed by atoms with Crippen molar-refractivity contribution in [3.8, 4) is 0 Å². The zero-order valence-corrected chi connectivity index (χ0v) is 13.1. The number of hydrogen-bond acceptors (Lipinski definition) is 3. The lowest BCUT2D eigenvalue weighted by Crippen LogP contribution is -2.44. The lowest BCUT2D eigenvalue weighted by molar-refractivity contribution is -0.119. The van der Waals surface area contributed by atoms with E-state index in [0.29, 0.717) is 11.3 Å². The van der Waals surface area contributed by atoms with E-state index in [1.54, 1.807) is 0 Å². The topological polar surface area (TPSA) is 46.2 Å². The van der Waals surface area contributed by atoms with Crippen molar-refractivity contribution in [2.45, 2.75) is 18.2 Å². The molecule has 2 atom stereocenters. The summed E-state index contributed by atoms with van der Waals surface area (Å²) in [6.07, 6.45) is 0. The van der Waals surface area contributed by atoms with Crippen LogP contribution in [0.1, 0.15) is 27.5 Å². The van der Waals surface area contributed by atoms with Gasteiger partial charge in [0, 0.05) is 5.56 Å². The van der Waals surface area contributed by atoms with Gasteiger partial charge in [-0.3, -0.25) is 9.59 Å². The highest BCUT2D eigenvalue weighted by Crippen LogP contribution is 2.32. The molecule has 2 aromatic carbocycles. The van der Waals surface area contributed by atoms with Gasteiger partial charge in [0.05, 0.1) is 17.0 Å². The fraction of sp³-hybridized carbons (Fsp3) is 0.222. The van der Waals surface area contributed by atoms with Crippen molar-refractivity contribution < 1.29 is 9.59 Å². The van der Waals surface area contributed by atoms with Crippen LogP contribution in [0.5, 0.6) is 0 Å². The number of carbonyl (C=O) groups excluding carboxylic acids is 2. The monoisotopic (exact) mass is 311 g/mol. The fourth-order valence-corrected chi connectivity index (χ4v) is 3.70. The van der Waals surface area contributed by atoms with E-state index in [2.05, 4.69) is 5.32 Å². The number of hydrogen-bond donors (Lipinski definition) is 1. The van der Waals surface area contributed by atoms with Crippen LogP contribution in [0, 0.1) is 6.92 Å². The number of amides is 1. The van der Waals surface area contributed by atoms with Crippen LogP contribution in [0.3, 0.4) is 0 Å². The lowest BCUT2D eigenvalue weighted by Gasteiger charge is -2.31. The molecule has 0 aromatic heterocycles. The maximum Gasteiger partial charge on any atom is 0.230 e. The SMILES string of the molecule is Cc1ccc(C(=O)[C@@H]2SCC(=O)N[C@H]2c2ccccc2)cc1. The molecule has 3 rings (SSSR count). The Hall–Kier alpha value is -2.07. The first kappa shape index (κ1) is 14.9. The van der Waals surface area contributed by atoms with Gasteiger partial charge in [-0.25, -0.2) is 0 Å². The summed E-state index contributed by atoms with van der Waals surface area (Å²) in [5.41, 5.74) is 2.79. The Balaban J connectivity index is 1.91. The first-order valence-corrected chi connectivity index (χ1v) is 8.27. The second kappa shape index (κ2) is 6.36. The number of carbonyl (C=O) groups is 2. The number of benzene rings is 2. The third-order valence-electron chi connectivity index (χ3n) is 3.77.